The van der Waals surface area contributed by atoms with E-state index in [1.54, 1.807) is 14.0 Å². The second kappa shape index (κ2) is 11.1. The molecule has 5 rings (SSSR count). The molecule has 200 valence electrons. The molecule has 1 aliphatic rings. The van der Waals surface area contributed by atoms with Gasteiger partial charge < -0.3 is 19.4 Å². The van der Waals surface area contributed by atoms with Crippen LogP contribution >= 0.6 is 0 Å². The fraction of sp³-hybridized carbons (Fsp3) is 0.233. The van der Waals surface area contributed by atoms with Crippen molar-refractivity contribution in [3.8, 4) is 5.75 Å². The van der Waals surface area contributed by atoms with Gasteiger partial charge in [0.15, 0.2) is 0 Å². The number of ether oxygens (including phenoxy) is 3. The Kier molecular flexibility index (Phi) is 7.44. The molecule has 39 heavy (non-hydrogen) atoms. The summed E-state index contributed by atoms with van der Waals surface area (Å²) in [6, 6.07) is 27.4. The van der Waals surface area contributed by atoms with Crippen LogP contribution in [0.15, 0.2) is 106 Å². The minimum atomic E-state index is -1.04. The largest absolute Gasteiger partial charge is 0.497 e. The van der Waals surface area contributed by atoms with Crippen molar-refractivity contribution in [2.75, 3.05) is 13.7 Å². The molecule has 3 aromatic carbocycles. The molecular formula is C30H29N3O6. The molecular weight excluding hydrogens is 498 g/mol. The number of nitrogens with zero attached hydrogens (tertiary/aromatic N) is 2. The average Bonchev–Trinajstić information content (AvgIpc) is 3.40. The van der Waals surface area contributed by atoms with Crippen molar-refractivity contribution >= 4 is 5.71 Å². The molecule has 1 aromatic heterocycles. The first-order valence-corrected chi connectivity index (χ1v) is 12.5. The number of H-pyrrole nitrogens is 1. The van der Waals surface area contributed by atoms with Gasteiger partial charge in [-0.05, 0) is 35.7 Å². The third-order valence-electron chi connectivity index (χ3n) is 6.97. The molecule has 1 aliphatic heterocycles. The van der Waals surface area contributed by atoms with Crippen LogP contribution in [0.1, 0.15) is 34.9 Å². The van der Waals surface area contributed by atoms with Gasteiger partial charge in [0.1, 0.15) is 23.7 Å². The first-order chi connectivity index (χ1) is 19.0. The van der Waals surface area contributed by atoms with E-state index in [4.69, 9.17) is 14.2 Å². The van der Waals surface area contributed by atoms with Crippen molar-refractivity contribution in [2.24, 2.45) is 5.16 Å². The summed E-state index contributed by atoms with van der Waals surface area (Å²) >= 11 is 0. The second-order valence-electron chi connectivity index (χ2n) is 9.31. The Morgan fingerprint density at radius 3 is 2.13 bits per heavy atom. The fourth-order valence-electron chi connectivity index (χ4n) is 4.95. The van der Waals surface area contributed by atoms with Crippen LogP contribution in [0.25, 0.3) is 0 Å². The second-order valence-corrected chi connectivity index (χ2v) is 9.31. The Balaban J connectivity index is 1.55. The molecule has 0 amide bonds. The number of aryl methyl sites for hydroxylation is 1. The lowest BCUT2D eigenvalue weighted by Gasteiger charge is -2.36. The van der Waals surface area contributed by atoms with Gasteiger partial charge in [-0.3, -0.25) is 14.3 Å². The molecule has 2 N–H and O–H groups in total. The number of rotatable bonds is 8. The highest BCUT2D eigenvalue weighted by Crippen LogP contribution is 2.42. The van der Waals surface area contributed by atoms with Gasteiger partial charge in [0, 0.05) is 18.2 Å². The van der Waals surface area contributed by atoms with Crippen LogP contribution in [0.5, 0.6) is 5.75 Å². The number of nitrogens with one attached hydrogen (secondary N) is 1. The van der Waals surface area contributed by atoms with Crippen molar-refractivity contribution in [1.82, 2.24) is 9.55 Å². The maximum atomic E-state index is 12.5. The molecule has 9 nitrogen and oxygen atoms in total. The van der Waals surface area contributed by atoms with Crippen molar-refractivity contribution in [1.29, 1.82) is 0 Å². The molecule has 4 aromatic rings. The number of methoxy groups -OCH3 is 1. The van der Waals surface area contributed by atoms with Crippen LogP contribution in [0.3, 0.4) is 0 Å². The van der Waals surface area contributed by atoms with E-state index in [9.17, 15) is 14.8 Å². The van der Waals surface area contributed by atoms with E-state index < -0.39 is 29.2 Å². The van der Waals surface area contributed by atoms with E-state index in [1.165, 1.54) is 10.8 Å². The van der Waals surface area contributed by atoms with Crippen LogP contribution < -0.4 is 16.0 Å². The highest BCUT2D eigenvalue weighted by atomic mass is 16.6. The van der Waals surface area contributed by atoms with Gasteiger partial charge in [0.05, 0.1) is 19.4 Å². The zero-order chi connectivity index (χ0) is 27.4. The number of hydrogen-bond acceptors (Lipinski definition) is 7. The average molecular weight is 528 g/mol. The summed E-state index contributed by atoms with van der Waals surface area (Å²) in [6.45, 7) is 1.62. The number of hydrogen-bond donors (Lipinski definition) is 2. The smallest absolute Gasteiger partial charge is 0.330 e. The lowest BCUT2D eigenvalue weighted by atomic mass is 9.80. The van der Waals surface area contributed by atoms with Gasteiger partial charge in [-0.2, -0.15) is 0 Å². The monoisotopic (exact) mass is 527 g/mol. The third-order valence-corrected chi connectivity index (χ3v) is 6.97. The van der Waals surface area contributed by atoms with Gasteiger partial charge in [0.2, 0.25) is 0 Å². The van der Waals surface area contributed by atoms with Gasteiger partial charge in [-0.25, -0.2) is 4.79 Å². The highest BCUT2D eigenvalue weighted by Gasteiger charge is 2.41. The van der Waals surface area contributed by atoms with E-state index >= 15 is 0 Å². The first kappa shape index (κ1) is 26.1. The summed E-state index contributed by atoms with van der Waals surface area (Å²) in [7, 11) is 1.62. The molecule has 2 atom stereocenters. The summed E-state index contributed by atoms with van der Waals surface area (Å²) in [5.74, 6) is 0.715. The van der Waals surface area contributed by atoms with Gasteiger partial charge in [-0.1, -0.05) is 78.0 Å². The van der Waals surface area contributed by atoms with Gasteiger partial charge in [-0.15, -0.1) is 0 Å². The van der Waals surface area contributed by atoms with Crippen LogP contribution in [-0.2, 0) is 15.1 Å². The first-order valence-electron chi connectivity index (χ1n) is 12.5. The minimum absolute atomic E-state index is 0.0167. The highest BCUT2D eigenvalue weighted by molar-refractivity contribution is 5.90. The number of aromatic amines is 1. The topological polar surface area (TPSA) is 115 Å². The Labute approximate surface area is 224 Å². The maximum absolute atomic E-state index is 12.5. The minimum Gasteiger partial charge on any atom is -0.497 e. The normalized spacial score (nSPS) is 18.4. The Morgan fingerprint density at radius 1 is 0.974 bits per heavy atom. The molecule has 1 fully saturated rings. The van der Waals surface area contributed by atoms with Crippen LogP contribution in [0.2, 0.25) is 0 Å². The predicted molar refractivity (Wildman–Crippen MR) is 146 cm³/mol. The zero-order valence-corrected chi connectivity index (χ0v) is 21.6. The third kappa shape index (κ3) is 5.01. The lowest BCUT2D eigenvalue weighted by molar-refractivity contribution is -0.0677. The number of oxime groups is 1. The van der Waals surface area contributed by atoms with Crippen LogP contribution in [0, 0.1) is 6.92 Å². The molecule has 2 heterocycles. The molecule has 0 bridgehead atoms. The van der Waals surface area contributed by atoms with E-state index in [0.717, 1.165) is 16.7 Å². The van der Waals surface area contributed by atoms with E-state index in [1.807, 2.05) is 84.9 Å². The fourth-order valence-corrected chi connectivity index (χ4v) is 4.95. The molecule has 0 saturated carbocycles. The standard InChI is InChI=1S/C30H29N3O6/c1-20-18-33(29(35)31-28(20)34)27-17-25(32-36)26(39-27)19-38-30(21-9-5-3-6-10-21,22-11-7-4-8-12-22)23-13-15-24(37-2)16-14-23/h3-16,18,26-27,36H,17,19H2,1-2H3,(H,31,34,35)/b32-25+/t26-,27-/m1/s1. The van der Waals surface area contributed by atoms with Gasteiger partial charge in [0.25, 0.3) is 5.56 Å². The summed E-state index contributed by atoms with van der Waals surface area (Å²) in [6.07, 6.45) is 0.0856. The summed E-state index contributed by atoms with van der Waals surface area (Å²) in [5.41, 5.74) is 1.26. The van der Waals surface area contributed by atoms with E-state index in [-0.39, 0.29) is 13.0 Å². The Hall–Kier alpha value is -4.47. The van der Waals surface area contributed by atoms with E-state index in [0.29, 0.717) is 17.0 Å². The summed E-state index contributed by atoms with van der Waals surface area (Å²) in [4.78, 5) is 26.6. The van der Waals surface area contributed by atoms with Gasteiger partial charge >= 0.3 is 5.69 Å². The summed E-state index contributed by atoms with van der Waals surface area (Å²) in [5, 5.41) is 13.3. The number of benzene rings is 3. The predicted octanol–water partition coefficient (Wildman–Crippen LogP) is 3.98. The Morgan fingerprint density at radius 2 is 1.56 bits per heavy atom. The molecule has 0 aliphatic carbocycles. The summed E-state index contributed by atoms with van der Waals surface area (Å²) < 4.78 is 19.7. The number of aromatic nitrogens is 2. The molecule has 0 unspecified atom stereocenters. The lowest BCUT2D eigenvalue weighted by Crippen LogP contribution is -2.37. The SMILES string of the molecule is COc1ccc(C(OC[C@H]2O[C@@H](n3cc(C)c(=O)[nH]c3=O)C/C2=N\O)(c2ccccc2)c2ccccc2)cc1. The van der Waals surface area contributed by atoms with Crippen LogP contribution in [-0.4, -0.2) is 40.3 Å². The molecule has 0 radical (unpaired) electrons. The van der Waals surface area contributed by atoms with Crippen molar-refractivity contribution < 1.29 is 19.4 Å². The quantitative estimate of drug-likeness (QED) is 0.204. The molecule has 9 heteroatoms. The van der Waals surface area contributed by atoms with Crippen molar-refractivity contribution in [3.05, 3.63) is 134 Å². The van der Waals surface area contributed by atoms with Crippen molar-refractivity contribution in [3.63, 3.8) is 0 Å². The molecule has 1 saturated heterocycles. The van der Waals surface area contributed by atoms with E-state index in [2.05, 4.69) is 10.1 Å². The zero-order valence-electron chi connectivity index (χ0n) is 21.6. The maximum Gasteiger partial charge on any atom is 0.330 e. The Bertz CT molecular complexity index is 1520. The molecule has 0 spiro atoms. The van der Waals surface area contributed by atoms with Crippen LogP contribution in [0.4, 0.5) is 0 Å². The van der Waals surface area contributed by atoms with Crippen molar-refractivity contribution in [2.45, 2.75) is 31.3 Å².